The molecule has 0 unspecified atom stereocenters. The van der Waals surface area contributed by atoms with Crippen LogP contribution in [0.4, 0.5) is 0 Å². The molecule has 6 heteroatoms. The summed E-state index contributed by atoms with van der Waals surface area (Å²) in [4.78, 5) is 19.2. The summed E-state index contributed by atoms with van der Waals surface area (Å²) in [6.45, 7) is 7.47. The van der Waals surface area contributed by atoms with E-state index in [1.165, 1.54) is 5.56 Å². The number of aryl methyl sites for hydroxylation is 1. The number of thiophene rings is 1. The Morgan fingerprint density at radius 2 is 2.36 bits per heavy atom. The average Bonchev–Trinajstić information content (AvgIpc) is 3.15. The smallest absolute Gasteiger partial charge is 0.316 e. The molecule has 0 saturated heterocycles. The Bertz CT molecular complexity index is 636. The van der Waals surface area contributed by atoms with Crippen LogP contribution in [0.15, 0.2) is 23.2 Å². The third kappa shape index (κ3) is 2.94. The highest BCUT2D eigenvalue weighted by Crippen LogP contribution is 2.30. The van der Waals surface area contributed by atoms with Gasteiger partial charge in [-0.15, -0.1) is 0 Å². The van der Waals surface area contributed by atoms with Crippen LogP contribution < -0.4 is 0 Å². The number of hydrogen-bond donors (Lipinski definition) is 0. The van der Waals surface area contributed by atoms with E-state index in [9.17, 15) is 4.79 Å². The van der Waals surface area contributed by atoms with Crippen molar-refractivity contribution < 1.29 is 9.53 Å². The summed E-state index contributed by atoms with van der Waals surface area (Å²) in [5.41, 5.74) is 3.31. The number of carbonyl (C=O) groups excluding carboxylic acids is 1. The summed E-state index contributed by atoms with van der Waals surface area (Å²) in [5.74, 6) is -0.390. The lowest BCUT2D eigenvalue weighted by Gasteiger charge is -2.31. The number of fused-ring (bicyclic) bond motifs is 1. The van der Waals surface area contributed by atoms with Crippen molar-refractivity contribution in [3.63, 3.8) is 0 Å². The van der Waals surface area contributed by atoms with Crippen molar-refractivity contribution in [3.05, 3.63) is 40.1 Å². The minimum atomic E-state index is -0.246. The van der Waals surface area contributed by atoms with Gasteiger partial charge in [0, 0.05) is 26.2 Å². The Morgan fingerprint density at radius 1 is 1.50 bits per heavy atom. The molecule has 2 aromatic rings. The molecule has 2 aromatic heterocycles. The highest BCUT2D eigenvalue weighted by Gasteiger charge is 2.35. The number of imidazole rings is 1. The largest absolute Gasteiger partial charge is 0.465 e. The minimum Gasteiger partial charge on any atom is -0.465 e. The lowest BCUT2D eigenvalue weighted by atomic mass is 9.97. The molecule has 0 aromatic carbocycles. The van der Waals surface area contributed by atoms with E-state index in [2.05, 4.69) is 38.2 Å². The van der Waals surface area contributed by atoms with Gasteiger partial charge in [-0.3, -0.25) is 9.69 Å². The predicted octanol–water partition coefficient (Wildman–Crippen LogP) is 2.63. The van der Waals surface area contributed by atoms with Gasteiger partial charge in [0.05, 0.1) is 24.3 Å². The maximum absolute atomic E-state index is 12.4. The van der Waals surface area contributed by atoms with Gasteiger partial charge in [-0.25, -0.2) is 4.98 Å². The number of hydrogen-bond acceptors (Lipinski definition) is 5. The third-order valence-corrected chi connectivity index (χ3v) is 4.73. The van der Waals surface area contributed by atoms with E-state index in [1.807, 2.05) is 13.3 Å². The van der Waals surface area contributed by atoms with Gasteiger partial charge in [0.25, 0.3) is 0 Å². The fraction of sp³-hybridized carbons (Fsp3) is 0.500. The maximum Gasteiger partial charge on any atom is 0.316 e. The quantitative estimate of drug-likeness (QED) is 0.795. The fourth-order valence-electron chi connectivity index (χ4n) is 3.02. The molecule has 0 fully saturated rings. The first-order valence-corrected chi connectivity index (χ1v) is 8.61. The number of esters is 1. The first kappa shape index (κ1) is 15.2. The van der Waals surface area contributed by atoms with Crippen molar-refractivity contribution in [2.45, 2.75) is 39.4 Å². The molecule has 0 bridgehead atoms. The lowest BCUT2D eigenvalue weighted by molar-refractivity contribution is -0.146. The first-order chi connectivity index (χ1) is 10.7. The molecule has 0 saturated carbocycles. The Labute approximate surface area is 134 Å². The topological polar surface area (TPSA) is 47.4 Å². The summed E-state index contributed by atoms with van der Waals surface area (Å²) in [7, 11) is 0. The molecule has 5 nitrogen and oxygen atoms in total. The Balaban J connectivity index is 1.86. The molecule has 0 N–H and O–H groups in total. The second-order valence-corrected chi connectivity index (χ2v) is 6.25. The lowest BCUT2D eigenvalue weighted by Crippen LogP contribution is -2.38. The summed E-state index contributed by atoms with van der Waals surface area (Å²) < 4.78 is 7.35. The summed E-state index contributed by atoms with van der Waals surface area (Å²) in [6.07, 6.45) is 1.84. The SMILES string of the molecule is CCOC(=O)[C@H]1CN(Cc2ccsc2)Cc2ncn(CC)c21. The molecule has 3 heterocycles. The summed E-state index contributed by atoms with van der Waals surface area (Å²) in [6, 6.07) is 2.13. The third-order valence-electron chi connectivity index (χ3n) is 4.00. The van der Waals surface area contributed by atoms with E-state index in [1.54, 1.807) is 11.3 Å². The molecule has 3 rings (SSSR count). The molecule has 0 radical (unpaired) electrons. The highest BCUT2D eigenvalue weighted by atomic mass is 32.1. The summed E-state index contributed by atoms with van der Waals surface area (Å²) >= 11 is 1.70. The van der Waals surface area contributed by atoms with Gasteiger partial charge >= 0.3 is 5.97 Å². The number of rotatable bonds is 5. The van der Waals surface area contributed by atoms with Crippen molar-refractivity contribution >= 4 is 17.3 Å². The molecular weight excluding hydrogens is 298 g/mol. The minimum absolute atomic E-state index is 0.144. The number of ether oxygens (including phenoxy) is 1. The van der Waals surface area contributed by atoms with Crippen LogP contribution in [-0.2, 0) is 29.2 Å². The molecule has 0 spiro atoms. The predicted molar refractivity (Wildman–Crippen MR) is 85.7 cm³/mol. The van der Waals surface area contributed by atoms with Gasteiger partial charge in [0.2, 0.25) is 0 Å². The maximum atomic E-state index is 12.4. The second-order valence-electron chi connectivity index (χ2n) is 5.47. The van der Waals surface area contributed by atoms with Gasteiger partial charge in [0.1, 0.15) is 5.92 Å². The van der Waals surface area contributed by atoms with Crippen molar-refractivity contribution in [2.75, 3.05) is 13.2 Å². The number of aromatic nitrogens is 2. The fourth-order valence-corrected chi connectivity index (χ4v) is 3.68. The van der Waals surface area contributed by atoms with E-state index in [4.69, 9.17) is 4.74 Å². The van der Waals surface area contributed by atoms with E-state index < -0.39 is 0 Å². The number of nitrogens with zero attached hydrogens (tertiary/aromatic N) is 3. The van der Waals surface area contributed by atoms with Crippen LogP contribution in [-0.4, -0.2) is 33.6 Å². The van der Waals surface area contributed by atoms with Gasteiger partial charge in [-0.05, 0) is 36.2 Å². The van der Waals surface area contributed by atoms with Crippen molar-refractivity contribution in [2.24, 2.45) is 0 Å². The van der Waals surface area contributed by atoms with Crippen LogP contribution in [0.1, 0.15) is 36.7 Å². The van der Waals surface area contributed by atoms with Crippen molar-refractivity contribution in [1.29, 1.82) is 0 Å². The van der Waals surface area contributed by atoms with Crippen LogP contribution in [0, 0.1) is 0 Å². The second kappa shape index (κ2) is 6.62. The monoisotopic (exact) mass is 319 g/mol. The van der Waals surface area contributed by atoms with Gasteiger partial charge in [-0.2, -0.15) is 11.3 Å². The molecular formula is C16H21N3O2S. The molecule has 0 amide bonds. The summed E-state index contributed by atoms with van der Waals surface area (Å²) in [5, 5.41) is 4.23. The van der Waals surface area contributed by atoms with Gasteiger partial charge < -0.3 is 9.30 Å². The average molecular weight is 319 g/mol. The van der Waals surface area contributed by atoms with E-state index in [0.29, 0.717) is 13.2 Å². The first-order valence-electron chi connectivity index (χ1n) is 7.66. The Hall–Kier alpha value is -1.66. The molecule has 0 aliphatic carbocycles. The normalized spacial score (nSPS) is 18.2. The Kier molecular flexibility index (Phi) is 4.59. The highest BCUT2D eigenvalue weighted by molar-refractivity contribution is 7.07. The van der Waals surface area contributed by atoms with E-state index in [-0.39, 0.29) is 11.9 Å². The van der Waals surface area contributed by atoms with Crippen molar-refractivity contribution in [3.8, 4) is 0 Å². The standard InChI is InChI=1S/C16H21N3O2S/c1-3-19-11-17-14-9-18(7-12-5-6-22-10-12)8-13(15(14)19)16(20)21-4-2/h5-6,10-11,13H,3-4,7-9H2,1-2H3/t13-/m0/s1. The van der Waals surface area contributed by atoms with Gasteiger partial charge in [0.15, 0.2) is 0 Å². The molecule has 22 heavy (non-hydrogen) atoms. The van der Waals surface area contributed by atoms with Crippen LogP contribution in [0.3, 0.4) is 0 Å². The zero-order valence-electron chi connectivity index (χ0n) is 13.0. The van der Waals surface area contributed by atoms with Crippen LogP contribution in [0.25, 0.3) is 0 Å². The van der Waals surface area contributed by atoms with E-state index >= 15 is 0 Å². The van der Waals surface area contributed by atoms with Crippen molar-refractivity contribution in [1.82, 2.24) is 14.5 Å². The zero-order valence-corrected chi connectivity index (χ0v) is 13.8. The molecule has 1 aliphatic rings. The number of carbonyl (C=O) groups is 1. The van der Waals surface area contributed by atoms with Gasteiger partial charge in [-0.1, -0.05) is 0 Å². The van der Waals surface area contributed by atoms with E-state index in [0.717, 1.165) is 31.0 Å². The van der Waals surface area contributed by atoms with Crippen LogP contribution in [0.2, 0.25) is 0 Å². The zero-order chi connectivity index (χ0) is 15.5. The van der Waals surface area contributed by atoms with Crippen LogP contribution in [0.5, 0.6) is 0 Å². The Morgan fingerprint density at radius 3 is 3.05 bits per heavy atom. The van der Waals surface area contributed by atoms with Crippen LogP contribution >= 0.6 is 11.3 Å². The molecule has 1 aliphatic heterocycles. The molecule has 118 valence electrons. The molecule has 1 atom stereocenters.